The molecule has 2 bridgehead atoms. The molecule has 1 amide bonds. The summed E-state index contributed by atoms with van der Waals surface area (Å²) in [6.45, 7) is 4.09. The van der Waals surface area contributed by atoms with E-state index in [0.717, 1.165) is 18.4 Å². The first-order chi connectivity index (χ1) is 11.3. The molecule has 2 aliphatic rings. The van der Waals surface area contributed by atoms with E-state index in [0.29, 0.717) is 40.9 Å². The van der Waals surface area contributed by atoms with Crippen LogP contribution in [0, 0.1) is 5.92 Å². The molecule has 2 aliphatic heterocycles. The lowest BCUT2D eigenvalue weighted by Crippen LogP contribution is -2.46. The van der Waals surface area contributed by atoms with E-state index in [1.165, 1.54) is 12.8 Å². The van der Waals surface area contributed by atoms with E-state index in [1.807, 2.05) is 26.0 Å². The van der Waals surface area contributed by atoms with Crippen LogP contribution in [0.3, 0.4) is 0 Å². The van der Waals surface area contributed by atoms with E-state index in [1.54, 1.807) is 6.07 Å². The third-order valence-electron chi connectivity index (χ3n) is 5.17. The predicted octanol–water partition coefficient (Wildman–Crippen LogP) is 4.77. The zero-order chi connectivity index (χ0) is 17.3. The van der Waals surface area contributed by atoms with Gasteiger partial charge in [0.15, 0.2) is 0 Å². The summed E-state index contributed by atoms with van der Waals surface area (Å²) in [6, 6.07) is 6.78. The highest BCUT2D eigenvalue weighted by molar-refractivity contribution is 6.35. The first-order valence-corrected chi connectivity index (χ1v) is 9.57. The minimum Gasteiger partial charge on any atom is -0.351 e. The molecule has 2 heterocycles. The van der Waals surface area contributed by atoms with Gasteiger partial charge in [0.25, 0.3) is 0 Å². The first-order valence-electron chi connectivity index (χ1n) is 8.82. The number of hydrogen-bond donors (Lipinski definition) is 2. The molecular formula is C19H27Cl3N2O. The van der Waals surface area contributed by atoms with E-state index in [2.05, 4.69) is 10.6 Å². The third-order valence-corrected chi connectivity index (χ3v) is 5.76. The lowest BCUT2D eigenvalue weighted by molar-refractivity contribution is -0.123. The number of rotatable bonds is 5. The smallest absolute Gasteiger partial charge is 0.220 e. The summed E-state index contributed by atoms with van der Waals surface area (Å²) in [5, 5.41) is 8.10. The predicted molar refractivity (Wildman–Crippen MR) is 107 cm³/mol. The van der Waals surface area contributed by atoms with Crippen LogP contribution in [-0.4, -0.2) is 23.5 Å². The Hall–Kier alpha value is -0.480. The van der Waals surface area contributed by atoms with E-state index in [9.17, 15) is 4.79 Å². The largest absolute Gasteiger partial charge is 0.351 e. The van der Waals surface area contributed by atoms with Crippen LogP contribution < -0.4 is 10.6 Å². The summed E-state index contributed by atoms with van der Waals surface area (Å²) in [6.07, 6.45) is 6.12. The van der Waals surface area contributed by atoms with Gasteiger partial charge >= 0.3 is 0 Å². The van der Waals surface area contributed by atoms with E-state index >= 15 is 0 Å². The quantitative estimate of drug-likeness (QED) is 0.740. The van der Waals surface area contributed by atoms with Crippen LogP contribution in [0.1, 0.15) is 51.5 Å². The minimum atomic E-state index is -0.333. The number of hydrogen-bond acceptors (Lipinski definition) is 2. The summed E-state index contributed by atoms with van der Waals surface area (Å²) in [5.74, 6) is 0.662. The Balaban J connectivity index is 0.00000225. The fourth-order valence-corrected chi connectivity index (χ4v) is 4.69. The molecule has 2 unspecified atom stereocenters. The van der Waals surface area contributed by atoms with Crippen LogP contribution in [0.25, 0.3) is 0 Å². The molecule has 1 aromatic carbocycles. The summed E-state index contributed by atoms with van der Waals surface area (Å²) >= 11 is 12.2. The molecule has 0 spiro atoms. The molecule has 0 aromatic heterocycles. The molecule has 0 radical (unpaired) electrons. The van der Waals surface area contributed by atoms with Crippen molar-refractivity contribution in [3.05, 3.63) is 33.8 Å². The molecule has 2 saturated heterocycles. The van der Waals surface area contributed by atoms with Crippen LogP contribution in [-0.2, 0) is 11.2 Å². The summed E-state index contributed by atoms with van der Waals surface area (Å²) in [5.41, 5.74) is 0.673. The van der Waals surface area contributed by atoms with Crippen LogP contribution in [0.2, 0.25) is 10.0 Å². The second kappa shape index (κ2) is 8.47. The van der Waals surface area contributed by atoms with E-state index in [4.69, 9.17) is 23.2 Å². The second-order valence-corrected chi connectivity index (χ2v) is 8.87. The maximum atomic E-state index is 12.5. The zero-order valence-corrected chi connectivity index (χ0v) is 17.1. The van der Waals surface area contributed by atoms with Gasteiger partial charge in [-0.3, -0.25) is 4.79 Å². The van der Waals surface area contributed by atoms with Gasteiger partial charge in [0.05, 0.1) is 0 Å². The standard InChI is InChI=1S/C19H26Cl2N2O.ClH/c1-19(2,11-13-3-4-14(20)10-17(13)21)23-18(24)9-12-7-15-5-6-16(8-12)22-15;/h3-4,10,12,15-16,22H,5-9,11H2,1-2H3,(H,23,24);1H. The molecule has 3 nitrogen and oxygen atoms in total. The zero-order valence-electron chi connectivity index (χ0n) is 14.8. The molecule has 0 aliphatic carbocycles. The van der Waals surface area contributed by atoms with Gasteiger partial charge in [0, 0.05) is 34.1 Å². The Labute approximate surface area is 166 Å². The van der Waals surface area contributed by atoms with Gasteiger partial charge in [-0.05, 0) is 69.6 Å². The van der Waals surface area contributed by atoms with Gasteiger partial charge in [-0.2, -0.15) is 0 Å². The fraction of sp³-hybridized carbons (Fsp3) is 0.632. The van der Waals surface area contributed by atoms with Crippen molar-refractivity contribution in [1.29, 1.82) is 0 Å². The fourth-order valence-electron chi connectivity index (χ4n) is 4.22. The number of amides is 1. The van der Waals surface area contributed by atoms with Gasteiger partial charge in [-0.1, -0.05) is 29.3 Å². The van der Waals surface area contributed by atoms with Gasteiger partial charge in [0.2, 0.25) is 5.91 Å². The van der Waals surface area contributed by atoms with Crippen molar-refractivity contribution in [2.45, 2.75) is 70.0 Å². The average molecular weight is 406 g/mol. The van der Waals surface area contributed by atoms with Crippen molar-refractivity contribution < 1.29 is 4.79 Å². The molecule has 3 rings (SSSR count). The normalized spacial score (nSPS) is 25.4. The molecule has 6 heteroatoms. The van der Waals surface area contributed by atoms with Crippen molar-refractivity contribution in [2.75, 3.05) is 0 Å². The van der Waals surface area contributed by atoms with Crippen molar-refractivity contribution in [1.82, 2.24) is 10.6 Å². The summed E-state index contributed by atoms with van der Waals surface area (Å²) in [7, 11) is 0. The van der Waals surface area contributed by atoms with Crippen LogP contribution in [0.5, 0.6) is 0 Å². The van der Waals surface area contributed by atoms with Crippen LogP contribution in [0.4, 0.5) is 0 Å². The summed E-state index contributed by atoms with van der Waals surface area (Å²) in [4.78, 5) is 12.5. The lowest BCUT2D eigenvalue weighted by atomic mass is 9.88. The molecule has 1 aromatic rings. The monoisotopic (exact) mass is 404 g/mol. The van der Waals surface area contributed by atoms with Crippen LogP contribution >= 0.6 is 35.6 Å². The Morgan fingerprint density at radius 1 is 1.24 bits per heavy atom. The number of halogens is 3. The number of fused-ring (bicyclic) bond motifs is 2. The Bertz CT molecular complexity index is 609. The Morgan fingerprint density at radius 3 is 2.48 bits per heavy atom. The van der Waals surface area contributed by atoms with Crippen LogP contribution in [0.15, 0.2) is 18.2 Å². The SMILES string of the molecule is CC(C)(Cc1ccc(Cl)cc1Cl)NC(=O)CC1CC2CCC(C1)N2.Cl. The van der Waals surface area contributed by atoms with Crippen molar-refractivity contribution in [2.24, 2.45) is 5.92 Å². The summed E-state index contributed by atoms with van der Waals surface area (Å²) < 4.78 is 0. The number of piperidine rings is 1. The molecule has 25 heavy (non-hydrogen) atoms. The van der Waals surface area contributed by atoms with Gasteiger partial charge in [0.1, 0.15) is 0 Å². The molecular weight excluding hydrogens is 379 g/mol. The highest BCUT2D eigenvalue weighted by Gasteiger charge is 2.34. The van der Waals surface area contributed by atoms with Crippen molar-refractivity contribution in [3.63, 3.8) is 0 Å². The van der Waals surface area contributed by atoms with E-state index < -0.39 is 0 Å². The molecule has 0 saturated carbocycles. The maximum Gasteiger partial charge on any atom is 0.220 e. The van der Waals surface area contributed by atoms with Crippen molar-refractivity contribution >= 4 is 41.5 Å². The number of nitrogens with one attached hydrogen (secondary N) is 2. The lowest BCUT2D eigenvalue weighted by Gasteiger charge is -2.31. The molecule has 140 valence electrons. The maximum absolute atomic E-state index is 12.5. The first kappa shape index (κ1) is 20.8. The number of benzene rings is 1. The molecule has 2 fully saturated rings. The number of carbonyl (C=O) groups excluding carboxylic acids is 1. The molecule has 2 atom stereocenters. The highest BCUT2D eigenvalue weighted by atomic mass is 35.5. The van der Waals surface area contributed by atoms with Gasteiger partial charge in [-0.25, -0.2) is 0 Å². The second-order valence-electron chi connectivity index (χ2n) is 8.02. The van der Waals surface area contributed by atoms with E-state index in [-0.39, 0.29) is 23.9 Å². The highest BCUT2D eigenvalue weighted by Crippen LogP contribution is 2.33. The van der Waals surface area contributed by atoms with Gasteiger partial charge in [-0.15, -0.1) is 12.4 Å². The third kappa shape index (κ3) is 5.75. The number of carbonyl (C=O) groups is 1. The average Bonchev–Trinajstić information content (AvgIpc) is 2.80. The Kier molecular flexibility index (Phi) is 7.06. The van der Waals surface area contributed by atoms with Crippen molar-refractivity contribution in [3.8, 4) is 0 Å². The Morgan fingerprint density at radius 2 is 1.88 bits per heavy atom. The minimum absolute atomic E-state index is 0. The van der Waals surface area contributed by atoms with Gasteiger partial charge < -0.3 is 10.6 Å². The topological polar surface area (TPSA) is 41.1 Å². The molecule has 2 N–H and O–H groups in total.